The third-order valence-electron chi connectivity index (χ3n) is 4.06. The van der Waals surface area contributed by atoms with Crippen LogP contribution in [0.25, 0.3) is 0 Å². The van der Waals surface area contributed by atoms with Crippen molar-refractivity contribution in [2.75, 3.05) is 13.2 Å². The van der Waals surface area contributed by atoms with Gasteiger partial charge in [-0.25, -0.2) is 0 Å². The van der Waals surface area contributed by atoms with Gasteiger partial charge in [0.1, 0.15) is 5.02 Å². The zero-order valence-electron chi connectivity index (χ0n) is 16.7. The summed E-state index contributed by atoms with van der Waals surface area (Å²) in [6, 6.07) is 12.4. The predicted molar refractivity (Wildman–Crippen MR) is 115 cm³/mol. The number of hydrogen-bond acceptors (Lipinski definition) is 6. The molecule has 0 unspecified atom stereocenters. The quantitative estimate of drug-likeness (QED) is 0.264. The highest BCUT2D eigenvalue weighted by atomic mass is 35.5. The van der Waals surface area contributed by atoms with Gasteiger partial charge in [0.15, 0.2) is 5.78 Å². The Hall–Kier alpha value is -2.25. The van der Waals surface area contributed by atoms with E-state index in [4.69, 9.17) is 20.6 Å². The molecule has 0 aliphatic heterocycles. The summed E-state index contributed by atoms with van der Waals surface area (Å²) in [7, 11) is -3.79. The summed E-state index contributed by atoms with van der Waals surface area (Å²) in [5.74, 6) is -1.75. The number of benzene rings is 2. The van der Waals surface area contributed by atoms with Crippen LogP contribution in [0.3, 0.4) is 0 Å². The number of nitro groups is 1. The molecule has 0 fully saturated rings. The summed E-state index contributed by atoms with van der Waals surface area (Å²) in [4.78, 5) is 23.4. The van der Waals surface area contributed by atoms with E-state index in [1.807, 2.05) is 13.8 Å². The highest BCUT2D eigenvalue weighted by molar-refractivity contribution is 7.54. The lowest BCUT2D eigenvalue weighted by atomic mass is 10.1. The first-order chi connectivity index (χ1) is 14.3. The van der Waals surface area contributed by atoms with Gasteiger partial charge in [-0.1, -0.05) is 55.8 Å². The van der Waals surface area contributed by atoms with Gasteiger partial charge >= 0.3 is 7.60 Å². The number of hydrogen-bond donors (Lipinski definition) is 1. The molecule has 162 valence electrons. The summed E-state index contributed by atoms with van der Waals surface area (Å²) >= 11 is 5.83. The topological polar surface area (TPSA) is 108 Å². The van der Waals surface area contributed by atoms with Crippen LogP contribution in [-0.2, 0) is 13.6 Å². The van der Waals surface area contributed by atoms with E-state index in [-0.39, 0.29) is 23.8 Å². The molecule has 8 nitrogen and oxygen atoms in total. The number of amides is 1. The maximum Gasteiger partial charge on any atom is 0.357 e. The Balaban J connectivity index is 2.42. The number of halogens is 1. The standard InChI is InChI=1S/C20H24ClN2O6P/c1-3-12-28-30(27,29-13-4-2)20(15-8-6-5-7-9-15)22-19(24)16-10-11-17(21)18(14-16)23(25)26/h5-11,14,20H,3-4,12-13H2,1-2H3,(H,22,24)/t20-/m1/s1. The fourth-order valence-electron chi connectivity index (χ4n) is 2.61. The van der Waals surface area contributed by atoms with Crippen molar-refractivity contribution in [2.45, 2.75) is 32.5 Å². The van der Waals surface area contributed by atoms with Crippen molar-refractivity contribution < 1.29 is 23.3 Å². The second kappa shape index (κ2) is 11.2. The van der Waals surface area contributed by atoms with E-state index >= 15 is 0 Å². The van der Waals surface area contributed by atoms with Crippen LogP contribution in [-0.4, -0.2) is 24.0 Å². The number of carbonyl (C=O) groups is 1. The molecule has 0 bridgehead atoms. The third-order valence-corrected chi connectivity index (χ3v) is 6.52. The molecule has 0 aliphatic carbocycles. The van der Waals surface area contributed by atoms with Gasteiger partial charge in [0.05, 0.1) is 18.1 Å². The van der Waals surface area contributed by atoms with Gasteiger partial charge in [0.2, 0.25) is 0 Å². The molecule has 10 heteroatoms. The van der Waals surface area contributed by atoms with Crippen LogP contribution in [0.4, 0.5) is 5.69 Å². The van der Waals surface area contributed by atoms with Gasteiger partial charge in [0.25, 0.3) is 11.6 Å². The van der Waals surface area contributed by atoms with E-state index in [0.717, 1.165) is 6.07 Å². The zero-order valence-corrected chi connectivity index (χ0v) is 18.4. The predicted octanol–water partition coefficient (Wildman–Crippen LogP) is 5.72. The molecular formula is C20H24ClN2O6P. The smallest absolute Gasteiger partial charge is 0.334 e. The van der Waals surface area contributed by atoms with Crippen LogP contribution in [0.2, 0.25) is 5.02 Å². The molecule has 0 spiro atoms. The molecule has 0 heterocycles. The van der Waals surface area contributed by atoms with Crippen LogP contribution >= 0.6 is 19.2 Å². The molecule has 2 rings (SSSR count). The fraction of sp³-hybridized carbons (Fsp3) is 0.350. The first-order valence-corrected chi connectivity index (χ1v) is 11.5. The summed E-state index contributed by atoms with van der Waals surface area (Å²) in [6.07, 6.45) is 1.22. The highest BCUT2D eigenvalue weighted by Crippen LogP contribution is 2.59. The molecule has 0 saturated heterocycles. The second-order valence-corrected chi connectivity index (χ2v) is 8.94. The molecule has 0 aromatic heterocycles. The minimum Gasteiger partial charge on any atom is -0.334 e. The summed E-state index contributed by atoms with van der Waals surface area (Å²) in [6.45, 7) is 4.11. The van der Waals surface area contributed by atoms with Crippen LogP contribution < -0.4 is 5.32 Å². The van der Waals surface area contributed by atoms with Crippen molar-refractivity contribution in [1.29, 1.82) is 0 Å². The largest absolute Gasteiger partial charge is 0.357 e. The lowest BCUT2D eigenvalue weighted by Crippen LogP contribution is -2.30. The van der Waals surface area contributed by atoms with Crippen molar-refractivity contribution in [1.82, 2.24) is 5.32 Å². The first kappa shape index (κ1) is 24.0. The van der Waals surface area contributed by atoms with Gasteiger partial charge in [-0.2, -0.15) is 0 Å². The summed E-state index contributed by atoms with van der Waals surface area (Å²) in [5.41, 5.74) is 0.141. The van der Waals surface area contributed by atoms with Gasteiger partial charge < -0.3 is 14.4 Å². The molecule has 2 aromatic carbocycles. The van der Waals surface area contributed by atoms with Crippen molar-refractivity contribution in [3.05, 3.63) is 74.8 Å². The van der Waals surface area contributed by atoms with E-state index < -0.39 is 29.9 Å². The molecule has 0 saturated carbocycles. The normalized spacial score (nSPS) is 12.4. The Morgan fingerprint density at radius 3 is 2.27 bits per heavy atom. The SMILES string of the molecule is CCCOP(=O)(OCCC)[C@@H](NC(=O)c1ccc(Cl)c([N+](=O)[O-])c1)c1ccccc1. The lowest BCUT2D eigenvalue weighted by molar-refractivity contribution is -0.384. The Morgan fingerprint density at radius 1 is 1.13 bits per heavy atom. The number of rotatable bonds is 11. The molecular weight excluding hydrogens is 431 g/mol. The molecule has 2 aromatic rings. The van der Waals surface area contributed by atoms with Gasteiger partial charge in [-0.3, -0.25) is 19.5 Å². The molecule has 30 heavy (non-hydrogen) atoms. The Morgan fingerprint density at radius 2 is 1.73 bits per heavy atom. The van der Waals surface area contributed by atoms with Crippen LogP contribution in [0.15, 0.2) is 48.5 Å². The average Bonchev–Trinajstić information content (AvgIpc) is 2.75. The highest BCUT2D eigenvalue weighted by Gasteiger charge is 2.38. The number of nitrogens with zero attached hydrogens (tertiary/aromatic N) is 1. The lowest BCUT2D eigenvalue weighted by Gasteiger charge is -2.28. The molecule has 0 aliphatic rings. The van der Waals surface area contributed by atoms with E-state index in [9.17, 15) is 19.5 Å². The average molecular weight is 455 g/mol. The molecule has 1 N–H and O–H groups in total. The monoisotopic (exact) mass is 454 g/mol. The maximum atomic E-state index is 13.6. The fourth-order valence-corrected chi connectivity index (χ4v) is 4.85. The minimum atomic E-state index is -3.79. The molecule has 0 radical (unpaired) electrons. The Kier molecular flexibility index (Phi) is 8.99. The Bertz CT molecular complexity index is 913. The number of nitro benzene ring substituents is 1. The van der Waals surface area contributed by atoms with E-state index in [0.29, 0.717) is 18.4 Å². The van der Waals surface area contributed by atoms with Crippen LogP contribution in [0, 0.1) is 10.1 Å². The van der Waals surface area contributed by atoms with Crippen molar-refractivity contribution in [3.8, 4) is 0 Å². The maximum absolute atomic E-state index is 13.6. The summed E-state index contributed by atoms with van der Waals surface area (Å²) < 4.78 is 24.8. The van der Waals surface area contributed by atoms with E-state index in [1.54, 1.807) is 30.3 Å². The number of carbonyl (C=O) groups excluding carboxylic acids is 1. The van der Waals surface area contributed by atoms with Crippen molar-refractivity contribution in [2.24, 2.45) is 0 Å². The van der Waals surface area contributed by atoms with Gasteiger partial charge in [0, 0.05) is 11.6 Å². The second-order valence-electron chi connectivity index (χ2n) is 6.42. The molecule has 1 atom stereocenters. The minimum absolute atomic E-state index is 0.00423. The van der Waals surface area contributed by atoms with Gasteiger partial charge in [-0.15, -0.1) is 0 Å². The Labute approximate surface area is 180 Å². The van der Waals surface area contributed by atoms with E-state index in [1.165, 1.54) is 12.1 Å². The third kappa shape index (κ3) is 6.12. The van der Waals surface area contributed by atoms with Crippen LogP contribution in [0.5, 0.6) is 0 Å². The van der Waals surface area contributed by atoms with Crippen LogP contribution in [0.1, 0.15) is 48.4 Å². The zero-order chi connectivity index (χ0) is 22.1. The first-order valence-electron chi connectivity index (χ1n) is 9.51. The number of nitrogens with one attached hydrogen (secondary N) is 1. The summed E-state index contributed by atoms with van der Waals surface area (Å²) in [5, 5.41) is 13.7. The van der Waals surface area contributed by atoms with Crippen molar-refractivity contribution >= 4 is 30.8 Å². The molecule has 1 amide bonds. The van der Waals surface area contributed by atoms with Gasteiger partial charge in [-0.05, 0) is 30.5 Å². The van der Waals surface area contributed by atoms with E-state index in [2.05, 4.69) is 5.32 Å². The van der Waals surface area contributed by atoms with Crippen molar-refractivity contribution in [3.63, 3.8) is 0 Å².